The van der Waals surface area contributed by atoms with Gasteiger partial charge in [-0.3, -0.25) is 0 Å². The molecule has 1 unspecified atom stereocenters. The summed E-state index contributed by atoms with van der Waals surface area (Å²) in [5.41, 5.74) is 2.79. The van der Waals surface area contributed by atoms with Crippen LogP contribution in [0.5, 0.6) is 0 Å². The fourth-order valence-corrected chi connectivity index (χ4v) is 8.99. The molecule has 0 aromatic carbocycles. The van der Waals surface area contributed by atoms with Crippen LogP contribution in [0.1, 0.15) is 98.3 Å². The third kappa shape index (κ3) is 6.21. The highest BCUT2D eigenvalue weighted by molar-refractivity contribution is 7.59. The Morgan fingerprint density at radius 3 is 1.62 bits per heavy atom. The number of hydrogen-bond acceptors (Lipinski definition) is 0. The topological polar surface area (TPSA) is 0 Å². The molecule has 0 nitrogen and oxygen atoms in total. The van der Waals surface area contributed by atoms with Gasteiger partial charge in [0, 0.05) is 0 Å². The molecule has 0 bridgehead atoms. The zero-order chi connectivity index (χ0) is 15.3. The molecule has 2 aliphatic rings. The first-order chi connectivity index (χ1) is 9.96. The van der Waals surface area contributed by atoms with Crippen LogP contribution in [0, 0.1) is 11.3 Å². The van der Waals surface area contributed by atoms with Crippen molar-refractivity contribution in [2.45, 2.75) is 110 Å². The summed E-state index contributed by atoms with van der Waals surface area (Å²) in [6, 6.07) is 0. The fraction of sp³-hybridized carbons (Fsp3) is 1.00. The Bertz CT molecular complexity index is 261. The molecular formula is C20H39P. The molecule has 0 aromatic heterocycles. The van der Waals surface area contributed by atoms with Crippen LogP contribution < -0.4 is 0 Å². The number of hydrogen-bond donors (Lipinski definition) is 0. The molecular weight excluding hydrogens is 271 g/mol. The molecule has 0 N–H and O–H groups in total. The zero-order valence-corrected chi connectivity index (χ0v) is 16.1. The minimum absolute atomic E-state index is 0.311. The van der Waals surface area contributed by atoms with Crippen LogP contribution in [0.4, 0.5) is 0 Å². The van der Waals surface area contributed by atoms with E-state index in [1.54, 1.807) is 31.8 Å². The van der Waals surface area contributed by atoms with E-state index in [1.165, 1.54) is 44.9 Å². The van der Waals surface area contributed by atoms with Gasteiger partial charge < -0.3 is 0 Å². The van der Waals surface area contributed by atoms with Crippen molar-refractivity contribution in [1.29, 1.82) is 0 Å². The van der Waals surface area contributed by atoms with Crippen molar-refractivity contribution in [2.24, 2.45) is 11.3 Å². The monoisotopic (exact) mass is 310 g/mol. The normalized spacial score (nSPS) is 24.4. The van der Waals surface area contributed by atoms with Gasteiger partial charge in [-0.25, -0.2) is 0 Å². The first-order valence-corrected chi connectivity index (χ1v) is 11.4. The molecule has 0 amide bonds. The summed E-state index contributed by atoms with van der Waals surface area (Å²) in [5, 5.41) is 0. The highest BCUT2D eigenvalue weighted by Gasteiger charge is 2.32. The molecule has 2 saturated carbocycles. The quantitative estimate of drug-likeness (QED) is 0.471. The van der Waals surface area contributed by atoms with E-state index in [9.17, 15) is 0 Å². The summed E-state index contributed by atoms with van der Waals surface area (Å²) in [4.78, 5) is 0. The van der Waals surface area contributed by atoms with E-state index in [0.29, 0.717) is 13.3 Å². The van der Waals surface area contributed by atoms with Crippen LogP contribution in [0.25, 0.3) is 0 Å². The summed E-state index contributed by atoms with van der Waals surface area (Å²) < 4.78 is 0. The molecule has 0 saturated heterocycles. The lowest BCUT2D eigenvalue weighted by Crippen LogP contribution is -2.25. The highest BCUT2D eigenvalue weighted by Crippen LogP contribution is 2.57. The number of rotatable bonds is 5. The van der Waals surface area contributed by atoms with Gasteiger partial charge in [0.1, 0.15) is 0 Å². The van der Waals surface area contributed by atoms with E-state index in [1.807, 2.05) is 0 Å². The molecule has 0 spiro atoms. The Kier molecular flexibility index (Phi) is 7.05. The Labute approximate surface area is 135 Å². The predicted molar refractivity (Wildman–Crippen MR) is 98.8 cm³/mol. The molecule has 0 aliphatic heterocycles. The van der Waals surface area contributed by atoms with Crippen molar-refractivity contribution in [2.75, 3.05) is 6.16 Å². The first kappa shape index (κ1) is 17.8. The third-order valence-corrected chi connectivity index (χ3v) is 9.52. The van der Waals surface area contributed by atoms with Crippen molar-refractivity contribution in [1.82, 2.24) is 0 Å². The SMILES string of the molecule is CC(CP(C1CCCCC1)C1CCCCC1)CC(C)(C)C. The van der Waals surface area contributed by atoms with Crippen LogP contribution in [0.3, 0.4) is 0 Å². The lowest BCUT2D eigenvalue weighted by molar-refractivity contribution is 0.321. The maximum absolute atomic E-state index is 2.55. The molecule has 2 aliphatic carbocycles. The molecule has 1 heteroatoms. The van der Waals surface area contributed by atoms with E-state index in [-0.39, 0.29) is 0 Å². The largest absolute Gasteiger partial charge is 0.100 e. The van der Waals surface area contributed by atoms with Gasteiger partial charge in [-0.05, 0) is 60.9 Å². The van der Waals surface area contributed by atoms with Crippen molar-refractivity contribution >= 4 is 7.92 Å². The summed E-state index contributed by atoms with van der Waals surface area (Å²) in [7, 11) is 0.311. The van der Waals surface area contributed by atoms with Crippen molar-refractivity contribution < 1.29 is 0 Å². The molecule has 21 heavy (non-hydrogen) atoms. The summed E-state index contributed by atoms with van der Waals surface area (Å²) in [6.07, 6.45) is 18.5. The smallest absolute Gasteiger partial charge is 0.0207 e. The Hall–Kier alpha value is 0.430. The minimum Gasteiger partial charge on any atom is -0.100 e. The van der Waals surface area contributed by atoms with Gasteiger partial charge in [-0.1, -0.05) is 66.2 Å². The zero-order valence-electron chi connectivity index (χ0n) is 15.2. The summed E-state index contributed by atoms with van der Waals surface area (Å²) in [5.74, 6) is 0.944. The van der Waals surface area contributed by atoms with E-state index < -0.39 is 0 Å². The van der Waals surface area contributed by atoms with E-state index in [4.69, 9.17) is 0 Å². The summed E-state index contributed by atoms with van der Waals surface area (Å²) in [6.45, 7) is 9.82. The van der Waals surface area contributed by atoms with Gasteiger partial charge in [-0.15, -0.1) is 7.92 Å². The predicted octanol–water partition coefficient (Wildman–Crippen LogP) is 7.21. The maximum atomic E-state index is 2.55. The lowest BCUT2D eigenvalue weighted by atomic mass is 9.86. The first-order valence-electron chi connectivity index (χ1n) is 9.71. The molecule has 1 atom stereocenters. The fourth-order valence-electron chi connectivity index (χ4n) is 4.89. The van der Waals surface area contributed by atoms with Gasteiger partial charge in [0.2, 0.25) is 0 Å². The molecule has 2 rings (SSSR count). The maximum Gasteiger partial charge on any atom is -0.0207 e. The van der Waals surface area contributed by atoms with Crippen LogP contribution >= 0.6 is 7.92 Å². The van der Waals surface area contributed by atoms with Crippen LogP contribution in [0.2, 0.25) is 0 Å². The van der Waals surface area contributed by atoms with Gasteiger partial charge in [0.05, 0.1) is 0 Å². The van der Waals surface area contributed by atoms with E-state index in [2.05, 4.69) is 27.7 Å². The van der Waals surface area contributed by atoms with Crippen LogP contribution in [-0.4, -0.2) is 17.5 Å². The van der Waals surface area contributed by atoms with E-state index in [0.717, 1.165) is 17.2 Å². The van der Waals surface area contributed by atoms with E-state index >= 15 is 0 Å². The average molecular weight is 311 g/mol. The Morgan fingerprint density at radius 2 is 1.24 bits per heavy atom. The highest BCUT2D eigenvalue weighted by atomic mass is 31.1. The van der Waals surface area contributed by atoms with Crippen molar-refractivity contribution in [3.05, 3.63) is 0 Å². The summed E-state index contributed by atoms with van der Waals surface area (Å²) >= 11 is 0. The lowest BCUT2D eigenvalue weighted by Gasteiger charge is -2.40. The molecule has 0 aromatic rings. The van der Waals surface area contributed by atoms with Gasteiger partial charge in [0.15, 0.2) is 0 Å². The van der Waals surface area contributed by atoms with Crippen molar-refractivity contribution in [3.8, 4) is 0 Å². The van der Waals surface area contributed by atoms with Crippen molar-refractivity contribution in [3.63, 3.8) is 0 Å². The average Bonchev–Trinajstić information content (AvgIpc) is 2.45. The minimum atomic E-state index is 0.311. The van der Waals surface area contributed by atoms with Gasteiger partial charge in [-0.2, -0.15) is 0 Å². The molecule has 124 valence electrons. The second-order valence-corrected chi connectivity index (χ2v) is 12.0. The van der Waals surface area contributed by atoms with Crippen LogP contribution in [-0.2, 0) is 0 Å². The third-order valence-electron chi connectivity index (χ3n) is 5.57. The molecule has 0 radical (unpaired) electrons. The molecule has 0 heterocycles. The second-order valence-electron chi connectivity index (χ2n) is 9.15. The standard InChI is InChI=1S/C20H39P/c1-17(15-20(2,3)4)16-21(18-11-7-5-8-12-18)19-13-9-6-10-14-19/h17-19H,5-16H2,1-4H3. The Balaban J connectivity index is 1.96. The Morgan fingerprint density at radius 1 is 0.810 bits per heavy atom. The van der Waals surface area contributed by atoms with Crippen LogP contribution in [0.15, 0.2) is 0 Å². The van der Waals surface area contributed by atoms with Gasteiger partial charge in [0.25, 0.3) is 0 Å². The molecule has 2 fully saturated rings. The second kappa shape index (κ2) is 8.33. The van der Waals surface area contributed by atoms with Gasteiger partial charge >= 0.3 is 0 Å².